The molecule has 1 aromatic carbocycles. The summed E-state index contributed by atoms with van der Waals surface area (Å²) in [5, 5.41) is 20.2. The van der Waals surface area contributed by atoms with Crippen LogP contribution in [0.2, 0.25) is 0 Å². The van der Waals surface area contributed by atoms with Gasteiger partial charge in [-0.2, -0.15) is 0 Å². The molecule has 0 aliphatic carbocycles. The number of carbonyl (C=O) groups is 1. The van der Waals surface area contributed by atoms with Crippen molar-refractivity contribution in [3.05, 3.63) is 28.3 Å². The first-order valence-corrected chi connectivity index (χ1v) is 6.38. The molecule has 0 spiro atoms. The molecule has 0 amide bonds. The van der Waals surface area contributed by atoms with Crippen LogP contribution in [-0.2, 0) is 4.79 Å². The van der Waals surface area contributed by atoms with Crippen molar-refractivity contribution in [3.63, 3.8) is 0 Å². The highest BCUT2D eigenvalue weighted by molar-refractivity contribution is 5.78. The predicted octanol–water partition coefficient (Wildman–Crippen LogP) is 2.29. The fraction of sp³-hybridized carbons (Fsp3) is 0.462. The normalized spacial score (nSPS) is 10.1. The molecule has 0 aliphatic heterocycles. The van der Waals surface area contributed by atoms with Gasteiger partial charge in [0.05, 0.1) is 11.5 Å². The third-order valence-electron chi connectivity index (χ3n) is 2.62. The minimum Gasteiger partial charge on any atom is -0.487 e. The van der Waals surface area contributed by atoms with Gasteiger partial charge in [-0.25, -0.2) is 0 Å². The van der Waals surface area contributed by atoms with E-state index in [2.05, 4.69) is 0 Å². The Bertz CT molecular complexity index is 490. The van der Waals surface area contributed by atoms with E-state index < -0.39 is 10.9 Å². The number of rotatable bonds is 8. The van der Waals surface area contributed by atoms with Gasteiger partial charge in [0.25, 0.3) is 0 Å². The Balaban J connectivity index is 3.28. The zero-order valence-electron chi connectivity index (χ0n) is 11.5. The number of anilines is 1. The smallest absolute Gasteiger partial charge is 0.333 e. The maximum atomic E-state index is 11.3. The van der Waals surface area contributed by atoms with Gasteiger partial charge in [0.15, 0.2) is 5.75 Å². The van der Waals surface area contributed by atoms with Gasteiger partial charge >= 0.3 is 11.7 Å². The minimum absolute atomic E-state index is 0.154. The molecule has 0 saturated heterocycles. The molecule has 0 unspecified atom stereocenters. The molecule has 7 heteroatoms. The standard InChI is InChI=1S/C13H18N2O5/c1-3-8-14(9-12(16)17)10-6-5-7-11(20-4-2)13(10)15(18)19/h5-7H,3-4,8-9H2,1-2H3,(H,16,17). The number of hydrogen-bond acceptors (Lipinski definition) is 5. The molecular weight excluding hydrogens is 264 g/mol. The summed E-state index contributed by atoms with van der Waals surface area (Å²) in [5.41, 5.74) is 0.0780. The van der Waals surface area contributed by atoms with Crippen LogP contribution in [0.15, 0.2) is 18.2 Å². The van der Waals surface area contributed by atoms with Crippen molar-refractivity contribution < 1.29 is 19.6 Å². The highest BCUT2D eigenvalue weighted by atomic mass is 16.6. The largest absolute Gasteiger partial charge is 0.487 e. The summed E-state index contributed by atoms with van der Waals surface area (Å²) in [6, 6.07) is 4.67. The first kappa shape index (κ1) is 15.7. The van der Waals surface area contributed by atoms with Crippen LogP contribution in [-0.4, -0.2) is 35.7 Å². The van der Waals surface area contributed by atoms with Crippen LogP contribution in [0.4, 0.5) is 11.4 Å². The Morgan fingerprint density at radius 3 is 2.65 bits per heavy atom. The predicted molar refractivity (Wildman–Crippen MR) is 74.4 cm³/mol. The lowest BCUT2D eigenvalue weighted by atomic mass is 10.2. The SMILES string of the molecule is CCCN(CC(=O)O)c1cccc(OCC)c1[N+](=O)[O-]. The van der Waals surface area contributed by atoms with Gasteiger partial charge in [-0.1, -0.05) is 13.0 Å². The second-order valence-corrected chi connectivity index (χ2v) is 4.13. The average Bonchev–Trinajstić information content (AvgIpc) is 2.37. The monoisotopic (exact) mass is 282 g/mol. The Morgan fingerprint density at radius 1 is 1.45 bits per heavy atom. The third kappa shape index (κ3) is 3.84. The van der Waals surface area contributed by atoms with Crippen molar-refractivity contribution in [2.24, 2.45) is 0 Å². The van der Waals surface area contributed by atoms with E-state index in [9.17, 15) is 14.9 Å². The fourth-order valence-corrected chi connectivity index (χ4v) is 1.94. The Kier molecular flexibility index (Phi) is 5.76. The highest BCUT2D eigenvalue weighted by Crippen LogP contribution is 2.37. The number of carboxylic acids is 1. The molecule has 0 fully saturated rings. The molecule has 0 aromatic heterocycles. The van der Waals surface area contributed by atoms with Gasteiger partial charge in [0, 0.05) is 6.54 Å². The molecular formula is C13H18N2O5. The van der Waals surface area contributed by atoms with Crippen molar-refractivity contribution in [1.82, 2.24) is 0 Å². The molecule has 0 saturated carbocycles. The second kappa shape index (κ2) is 7.32. The lowest BCUT2D eigenvalue weighted by Gasteiger charge is -2.22. The summed E-state index contributed by atoms with van der Waals surface area (Å²) in [7, 11) is 0. The molecule has 0 bridgehead atoms. The van der Waals surface area contributed by atoms with Crippen LogP contribution in [0, 0.1) is 10.1 Å². The number of hydrogen-bond donors (Lipinski definition) is 1. The Morgan fingerprint density at radius 2 is 2.15 bits per heavy atom. The Hall–Kier alpha value is -2.31. The van der Waals surface area contributed by atoms with Gasteiger partial charge in [0.1, 0.15) is 12.2 Å². The molecule has 0 aliphatic rings. The van der Waals surface area contributed by atoms with E-state index in [-0.39, 0.29) is 23.7 Å². The van der Waals surface area contributed by atoms with E-state index in [1.807, 2.05) is 6.92 Å². The number of para-hydroxylation sites is 1. The Labute approximate surface area is 116 Å². The number of aliphatic carboxylic acids is 1. The number of ether oxygens (including phenoxy) is 1. The van der Waals surface area contributed by atoms with Crippen LogP contribution in [0.25, 0.3) is 0 Å². The van der Waals surface area contributed by atoms with E-state index in [1.54, 1.807) is 19.1 Å². The maximum absolute atomic E-state index is 11.3. The van der Waals surface area contributed by atoms with Crippen molar-refractivity contribution in [1.29, 1.82) is 0 Å². The summed E-state index contributed by atoms with van der Waals surface area (Å²) in [6.45, 7) is 4.05. The quantitative estimate of drug-likeness (QED) is 0.581. The number of nitrogens with zero attached hydrogens (tertiary/aromatic N) is 2. The van der Waals surface area contributed by atoms with Crippen LogP contribution in [0.5, 0.6) is 5.75 Å². The molecule has 20 heavy (non-hydrogen) atoms. The first-order chi connectivity index (χ1) is 9.51. The highest BCUT2D eigenvalue weighted by Gasteiger charge is 2.25. The fourth-order valence-electron chi connectivity index (χ4n) is 1.94. The third-order valence-corrected chi connectivity index (χ3v) is 2.62. The van der Waals surface area contributed by atoms with Crippen molar-refractivity contribution in [2.45, 2.75) is 20.3 Å². The van der Waals surface area contributed by atoms with Gasteiger partial charge < -0.3 is 14.7 Å². The van der Waals surface area contributed by atoms with E-state index in [0.29, 0.717) is 19.6 Å². The van der Waals surface area contributed by atoms with E-state index in [1.165, 1.54) is 11.0 Å². The molecule has 1 aromatic rings. The summed E-state index contributed by atoms with van der Waals surface area (Å²) in [6.07, 6.45) is 0.684. The van der Waals surface area contributed by atoms with Crippen molar-refractivity contribution >= 4 is 17.3 Å². The summed E-state index contributed by atoms with van der Waals surface area (Å²) in [4.78, 5) is 23.1. The van der Waals surface area contributed by atoms with Crippen LogP contribution in [0.1, 0.15) is 20.3 Å². The molecule has 0 radical (unpaired) electrons. The molecule has 110 valence electrons. The summed E-state index contributed by atoms with van der Waals surface area (Å²) < 4.78 is 5.26. The minimum atomic E-state index is -1.03. The summed E-state index contributed by atoms with van der Waals surface area (Å²) in [5.74, 6) is -0.879. The van der Waals surface area contributed by atoms with Gasteiger partial charge in [-0.05, 0) is 25.5 Å². The molecule has 0 atom stereocenters. The molecule has 0 heterocycles. The number of carboxylic acid groups (broad SMARTS) is 1. The average molecular weight is 282 g/mol. The zero-order chi connectivity index (χ0) is 15.1. The lowest BCUT2D eigenvalue weighted by molar-refractivity contribution is -0.385. The second-order valence-electron chi connectivity index (χ2n) is 4.13. The lowest BCUT2D eigenvalue weighted by Crippen LogP contribution is -2.31. The van der Waals surface area contributed by atoms with E-state index in [0.717, 1.165) is 0 Å². The molecule has 7 nitrogen and oxygen atoms in total. The maximum Gasteiger partial charge on any atom is 0.333 e. The van der Waals surface area contributed by atoms with Crippen LogP contribution >= 0.6 is 0 Å². The van der Waals surface area contributed by atoms with E-state index >= 15 is 0 Å². The van der Waals surface area contributed by atoms with E-state index in [4.69, 9.17) is 9.84 Å². The first-order valence-electron chi connectivity index (χ1n) is 6.38. The number of nitro groups is 1. The van der Waals surface area contributed by atoms with Gasteiger partial charge in [-0.3, -0.25) is 14.9 Å². The van der Waals surface area contributed by atoms with Crippen molar-refractivity contribution in [2.75, 3.05) is 24.6 Å². The number of benzene rings is 1. The van der Waals surface area contributed by atoms with Crippen molar-refractivity contribution in [3.8, 4) is 5.75 Å². The summed E-state index contributed by atoms with van der Waals surface area (Å²) >= 11 is 0. The van der Waals surface area contributed by atoms with Crippen LogP contribution < -0.4 is 9.64 Å². The number of nitro benzene ring substituents is 1. The van der Waals surface area contributed by atoms with Crippen LogP contribution in [0.3, 0.4) is 0 Å². The van der Waals surface area contributed by atoms with Gasteiger partial charge in [-0.15, -0.1) is 0 Å². The van der Waals surface area contributed by atoms with Gasteiger partial charge in [0.2, 0.25) is 0 Å². The topological polar surface area (TPSA) is 92.9 Å². The molecule has 1 N–H and O–H groups in total. The molecule has 1 rings (SSSR count). The zero-order valence-corrected chi connectivity index (χ0v) is 11.5.